The molecule has 5 nitrogen and oxygen atoms in total. The van der Waals surface area contributed by atoms with Crippen LogP contribution in [0.15, 0.2) is 53.4 Å². The highest BCUT2D eigenvalue weighted by atomic mass is 35.5. The summed E-state index contributed by atoms with van der Waals surface area (Å²) >= 11 is 5.86. The van der Waals surface area contributed by atoms with E-state index in [1.54, 1.807) is 38.1 Å². The molecule has 0 aliphatic heterocycles. The number of hydrogen-bond acceptors (Lipinski definition) is 3. The fraction of sp³-hybridized carbons (Fsp3) is 0.350. The van der Waals surface area contributed by atoms with Crippen molar-refractivity contribution in [3.05, 3.63) is 64.7 Å². The average molecular weight is 409 g/mol. The van der Waals surface area contributed by atoms with Crippen LogP contribution in [0.5, 0.6) is 0 Å². The lowest BCUT2D eigenvalue weighted by atomic mass is 10.0. The molecule has 0 radical (unpaired) electrons. The molecule has 2 N–H and O–H groups in total. The SMILES string of the molecule is Cc1ccc(S(=O)(=O)N[C@H](C(=O)NCCc2ccc(Cl)cc2)C(C)C)cc1. The first-order chi connectivity index (χ1) is 12.7. The Morgan fingerprint density at radius 2 is 1.63 bits per heavy atom. The molecule has 27 heavy (non-hydrogen) atoms. The smallest absolute Gasteiger partial charge is 0.241 e. The second-order valence-electron chi connectivity index (χ2n) is 6.82. The maximum Gasteiger partial charge on any atom is 0.241 e. The van der Waals surface area contributed by atoms with Gasteiger partial charge in [-0.1, -0.05) is 55.3 Å². The Labute approximate surface area is 166 Å². The van der Waals surface area contributed by atoms with Crippen LogP contribution in [0.2, 0.25) is 5.02 Å². The quantitative estimate of drug-likeness (QED) is 0.703. The summed E-state index contributed by atoms with van der Waals surface area (Å²) in [5, 5.41) is 3.47. The zero-order valence-electron chi connectivity index (χ0n) is 15.7. The number of nitrogens with one attached hydrogen (secondary N) is 2. The van der Waals surface area contributed by atoms with Crippen molar-refractivity contribution in [1.29, 1.82) is 0 Å². The Balaban J connectivity index is 1.99. The van der Waals surface area contributed by atoms with Crippen LogP contribution in [-0.4, -0.2) is 26.9 Å². The number of rotatable bonds is 8. The van der Waals surface area contributed by atoms with Crippen LogP contribution in [0, 0.1) is 12.8 Å². The lowest BCUT2D eigenvalue weighted by molar-refractivity contribution is -0.123. The molecule has 0 saturated heterocycles. The van der Waals surface area contributed by atoms with Gasteiger partial charge in [0.2, 0.25) is 15.9 Å². The van der Waals surface area contributed by atoms with Crippen LogP contribution >= 0.6 is 11.6 Å². The van der Waals surface area contributed by atoms with E-state index in [2.05, 4.69) is 10.0 Å². The van der Waals surface area contributed by atoms with Crippen LogP contribution in [0.1, 0.15) is 25.0 Å². The highest BCUT2D eigenvalue weighted by molar-refractivity contribution is 7.89. The summed E-state index contributed by atoms with van der Waals surface area (Å²) in [6, 6.07) is 13.1. The zero-order valence-corrected chi connectivity index (χ0v) is 17.3. The minimum absolute atomic E-state index is 0.146. The van der Waals surface area contributed by atoms with Crippen LogP contribution in [-0.2, 0) is 21.2 Å². The molecular weight excluding hydrogens is 384 g/mol. The molecular formula is C20H25ClN2O3S. The van der Waals surface area contributed by atoms with Gasteiger partial charge in [-0.25, -0.2) is 8.42 Å². The molecule has 0 aromatic heterocycles. The molecule has 1 amide bonds. The Kier molecular flexibility index (Phi) is 7.41. The van der Waals surface area contributed by atoms with Gasteiger partial charge in [-0.2, -0.15) is 4.72 Å². The van der Waals surface area contributed by atoms with Crippen LogP contribution < -0.4 is 10.0 Å². The summed E-state index contributed by atoms with van der Waals surface area (Å²) < 4.78 is 27.7. The molecule has 1 atom stereocenters. The number of aryl methyl sites for hydroxylation is 1. The van der Waals surface area contributed by atoms with E-state index >= 15 is 0 Å². The molecule has 7 heteroatoms. The molecule has 0 unspecified atom stereocenters. The largest absolute Gasteiger partial charge is 0.354 e. The highest BCUT2D eigenvalue weighted by Crippen LogP contribution is 2.13. The molecule has 0 heterocycles. The Morgan fingerprint density at radius 3 is 2.19 bits per heavy atom. The topological polar surface area (TPSA) is 75.3 Å². The highest BCUT2D eigenvalue weighted by Gasteiger charge is 2.28. The van der Waals surface area contributed by atoms with Gasteiger partial charge in [0.15, 0.2) is 0 Å². The molecule has 0 bridgehead atoms. The second kappa shape index (κ2) is 9.35. The van der Waals surface area contributed by atoms with Crippen LogP contribution in [0.3, 0.4) is 0 Å². The van der Waals surface area contributed by atoms with Gasteiger partial charge in [-0.05, 0) is 49.1 Å². The summed E-state index contributed by atoms with van der Waals surface area (Å²) in [7, 11) is -3.77. The molecule has 0 spiro atoms. The molecule has 0 fully saturated rings. The van der Waals surface area contributed by atoms with Crippen molar-refractivity contribution in [1.82, 2.24) is 10.0 Å². The molecule has 0 saturated carbocycles. The van der Waals surface area contributed by atoms with E-state index in [1.165, 1.54) is 12.1 Å². The first kappa shape index (κ1) is 21.4. The van der Waals surface area contributed by atoms with Crippen molar-refractivity contribution >= 4 is 27.5 Å². The standard InChI is InChI=1S/C20H25ClN2O3S/c1-14(2)19(23-27(25,26)18-10-4-15(3)5-11-18)20(24)22-13-12-16-6-8-17(21)9-7-16/h4-11,14,19,23H,12-13H2,1-3H3,(H,22,24)/t19-/m0/s1. The van der Waals surface area contributed by atoms with Crippen LogP contribution in [0.4, 0.5) is 0 Å². The first-order valence-electron chi connectivity index (χ1n) is 8.80. The van der Waals surface area contributed by atoms with Crippen molar-refractivity contribution in [2.75, 3.05) is 6.54 Å². The van der Waals surface area contributed by atoms with Gasteiger partial charge in [-0.15, -0.1) is 0 Å². The van der Waals surface area contributed by atoms with Gasteiger partial charge in [-0.3, -0.25) is 4.79 Å². The van der Waals surface area contributed by atoms with Crippen molar-refractivity contribution in [3.8, 4) is 0 Å². The number of halogens is 1. The van der Waals surface area contributed by atoms with Gasteiger partial charge in [0.25, 0.3) is 0 Å². The number of sulfonamides is 1. The van der Waals surface area contributed by atoms with E-state index in [0.29, 0.717) is 18.0 Å². The van der Waals surface area contributed by atoms with E-state index in [1.807, 2.05) is 19.1 Å². The number of carbonyl (C=O) groups excluding carboxylic acids is 1. The summed E-state index contributed by atoms with van der Waals surface area (Å²) in [5.41, 5.74) is 2.01. The fourth-order valence-electron chi connectivity index (χ4n) is 2.54. The van der Waals surface area contributed by atoms with E-state index in [9.17, 15) is 13.2 Å². The molecule has 2 aromatic rings. The van der Waals surface area contributed by atoms with Gasteiger partial charge in [0.1, 0.15) is 6.04 Å². The Bertz CT molecular complexity index is 863. The minimum Gasteiger partial charge on any atom is -0.354 e. The minimum atomic E-state index is -3.77. The van der Waals surface area contributed by atoms with E-state index in [0.717, 1.165) is 11.1 Å². The Hall–Kier alpha value is -1.89. The summed E-state index contributed by atoms with van der Waals surface area (Å²) in [6.45, 7) is 5.91. The second-order valence-corrected chi connectivity index (χ2v) is 8.97. The average Bonchev–Trinajstić information content (AvgIpc) is 2.61. The summed E-state index contributed by atoms with van der Waals surface area (Å²) in [5.74, 6) is -0.532. The number of amides is 1. The third-order valence-electron chi connectivity index (χ3n) is 4.19. The van der Waals surface area contributed by atoms with Crippen molar-refractivity contribution < 1.29 is 13.2 Å². The van der Waals surface area contributed by atoms with Gasteiger partial charge < -0.3 is 5.32 Å². The fourth-order valence-corrected chi connectivity index (χ4v) is 4.01. The molecule has 146 valence electrons. The summed E-state index contributed by atoms with van der Waals surface area (Å²) in [4.78, 5) is 12.7. The zero-order chi connectivity index (χ0) is 20.0. The van der Waals surface area contributed by atoms with Gasteiger partial charge in [0, 0.05) is 11.6 Å². The van der Waals surface area contributed by atoms with Crippen LogP contribution in [0.25, 0.3) is 0 Å². The summed E-state index contributed by atoms with van der Waals surface area (Å²) in [6.07, 6.45) is 0.637. The lowest BCUT2D eigenvalue weighted by Gasteiger charge is -2.21. The third-order valence-corrected chi connectivity index (χ3v) is 5.90. The van der Waals surface area contributed by atoms with Gasteiger partial charge >= 0.3 is 0 Å². The first-order valence-corrected chi connectivity index (χ1v) is 10.7. The molecule has 0 aliphatic carbocycles. The van der Waals surface area contributed by atoms with Crippen molar-refractivity contribution in [2.24, 2.45) is 5.92 Å². The number of carbonyl (C=O) groups is 1. The van der Waals surface area contributed by atoms with Gasteiger partial charge in [0.05, 0.1) is 4.90 Å². The predicted molar refractivity (Wildman–Crippen MR) is 108 cm³/mol. The monoisotopic (exact) mass is 408 g/mol. The van der Waals surface area contributed by atoms with E-state index < -0.39 is 16.1 Å². The maximum atomic E-state index is 12.6. The Morgan fingerprint density at radius 1 is 1.04 bits per heavy atom. The third kappa shape index (κ3) is 6.34. The predicted octanol–water partition coefficient (Wildman–Crippen LogP) is 3.31. The molecule has 0 aliphatic rings. The molecule has 2 aromatic carbocycles. The van der Waals surface area contributed by atoms with Crippen molar-refractivity contribution in [2.45, 2.75) is 38.1 Å². The maximum absolute atomic E-state index is 12.6. The number of hydrogen-bond donors (Lipinski definition) is 2. The normalized spacial score (nSPS) is 12.8. The number of benzene rings is 2. The lowest BCUT2D eigenvalue weighted by Crippen LogP contribution is -2.49. The van der Waals surface area contributed by atoms with Crippen molar-refractivity contribution in [3.63, 3.8) is 0 Å². The van der Waals surface area contributed by atoms with E-state index in [4.69, 9.17) is 11.6 Å². The van der Waals surface area contributed by atoms with E-state index in [-0.39, 0.29) is 16.7 Å². The molecule has 2 rings (SSSR count).